The second-order valence-corrected chi connectivity index (χ2v) is 5.79. The predicted molar refractivity (Wildman–Crippen MR) is 85.8 cm³/mol. The van der Waals surface area contributed by atoms with Crippen molar-refractivity contribution in [1.29, 1.82) is 0 Å². The number of carbonyl (C=O) groups is 1. The lowest BCUT2D eigenvalue weighted by Crippen LogP contribution is -2.47. The number of ether oxygens (including phenoxy) is 1. The number of aromatic nitrogens is 2. The van der Waals surface area contributed by atoms with E-state index >= 15 is 0 Å². The summed E-state index contributed by atoms with van der Waals surface area (Å²) < 4.78 is 7.62. The van der Waals surface area contributed by atoms with Gasteiger partial charge < -0.3 is 15.0 Å². The van der Waals surface area contributed by atoms with Crippen LogP contribution in [-0.4, -0.2) is 46.5 Å². The van der Waals surface area contributed by atoms with Crippen LogP contribution in [0.5, 0.6) is 0 Å². The van der Waals surface area contributed by atoms with Crippen molar-refractivity contribution >= 4 is 6.03 Å². The van der Waals surface area contributed by atoms with Crippen LogP contribution in [0, 0.1) is 13.8 Å². The molecule has 1 saturated heterocycles. The zero-order valence-corrected chi connectivity index (χ0v) is 14.2. The third-order valence-corrected chi connectivity index (χ3v) is 4.32. The molecule has 1 atom stereocenters. The number of rotatable bonds is 5. The Hall–Kier alpha value is -1.56. The minimum atomic E-state index is -0.00699. The van der Waals surface area contributed by atoms with Crippen LogP contribution in [0.3, 0.4) is 0 Å². The van der Waals surface area contributed by atoms with Crippen LogP contribution in [0.2, 0.25) is 0 Å². The van der Waals surface area contributed by atoms with Gasteiger partial charge in [0.1, 0.15) is 0 Å². The van der Waals surface area contributed by atoms with Crippen molar-refractivity contribution in [3.8, 4) is 0 Å². The first-order chi connectivity index (χ1) is 10.6. The van der Waals surface area contributed by atoms with Gasteiger partial charge in [0.2, 0.25) is 0 Å². The average Bonchev–Trinajstić information content (AvgIpc) is 2.79. The van der Waals surface area contributed by atoms with E-state index in [1.54, 1.807) is 0 Å². The molecule has 0 bridgehead atoms. The predicted octanol–water partition coefficient (Wildman–Crippen LogP) is 2.23. The number of aryl methyl sites for hydroxylation is 2. The highest BCUT2D eigenvalue weighted by Gasteiger charge is 2.24. The average molecular weight is 308 g/mol. The van der Waals surface area contributed by atoms with Crippen molar-refractivity contribution in [2.75, 3.05) is 19.7 Å². The molecule has 2 amide bonds. The maximum atomic E-state index is 12.4. The lowest BCUT2D eigenvalue weighted by Gasteiger charge is -2.32. The molecule has 1 aromatic rings. The van der Waals surface area contributed by atoms with Gasteiger partial charge in [0.05, 0.1) is 11.8 Å². The summed E-state index contributed by atoms with van der Waals surface area (Å²) in [5, 5.41) is 7.52. The first kappa shape index (κ1) is 16.8. The van der Waals surface area contributed by atoms with Crippen LogP contribution in [0.1, 0.15) is 43.6 Å². The Morgan fingerprint density at radius 1 is 1.41 bits per heavy atom. The van der Waals surface area contributed by atoms with E-state index in [2.05, 4.69) is 24.3 Å². The van der Waals surface area contributed by atoms with Crippen LogP contribution in [0.25, 0.3) is 0 Å². The molecular formula is C16H28N4O2. The number of piperidine rings is 1. The highest BCUT2D eigenvalue weighted by atomic mass is 16.5. The Balaban J connectivity index is 1.91. The molecule has 6 nitrogen and oxygen atoms in total. The topological polar surface area (TPSA) is 59.4 Å². The van der Waals surface area contributed by atoms with Crippen molar-refractivity contribution in [3.63, 3.8) is 0 Å². The lowest BCUT2D eigenvalue weighted by molar-refractivity contribution is 0.0164. The van der Waals surface area contributed by atoms with Crippen LogP contribution in [0.4, 0.5) is 4.79 Å². The molecule has 0 unspecified atom stereocenters. The van der Waals surface area contributed by atoms with E-state index in [0.29, 0.717) is 19.7 Å². The molecule has 1 N–H and O–H groups in total. The zero-order valence-electron chi connectivity index (χ0n) is 14.2. The van der Waals surface area contributed by atoms with Gasteiger partial charge in [0.25, 0.3) is 0 Å². The first-order valence-corrected chi connectivity index (χ1v) is 8.24. The van der Waals surface area contributed by atoms with Gasteiger partial charge >= 0.3 is 6.03 Å². The van der Waals surface area contributed by atoms with E-state index in [9.17, 15) is 4.79 Å². The molecule has 0 saturated carbocycles. The summed E-state index contributed by atoms with van der Waals surface area (Å²) in [6, 6.07) is -0.00699. The molecule has 22 heavy (non-hydrogen) atoms. The number of likely N-dealkylation sites (tertiary alicyclic amines) is 1. The molecule has 2 rings (SSSR count). The summed E-state index contributed by atoms with van der Waals surface area (Å²) in [5.41, 5.74) is 3.24. The van der Waals surface area contributed by atoms with E-state index < -0.39 is 0 Å². The SMILES string of the molecule is CCO[C@H]1CCCN(C(=O)NCc2c(C)nn(CC)c2C)C1. The fourth-order valence-corrected chi connectivity index (χ4v) is 3.07. The minimum Gasteiger partial charge on any atom is -0.377 e. The largest absolute Gasteiger partial charge is 0.377 e. The summed E-state index contributed by atoms with van der Waals surface area (Å²) in [7, 11) is 0. The molecule has 0 aliphatic carbocycles. The lowest BCUT2D eigenvalue weighted by atomic mass is 10.1. The van der Waals surface area contributed by atoms with Gasteiger partial charge in [-0.3, -0.25) is 4.68 Å². The van der Waals surface area contributed by atoms with Crippen molar-refractivity contribution in [2.45, 2.75) is 59.7 Å². The van der Waals surface area contributed by atoms with Crippen molar-refractivity contribution < 1.29 is 9.53 Å². The van der Waals surface area contributed by atoms with Crippen LogP contribution in [-0.2, 0) is 17.8 Å². The number of nitrogens with zero attached hydrogens (tertiary/aromatic N) is 3. The summed E-state index contributed by atoms with van der Waals surface area (Å²) in [6.07, 6.45) is 2.22. The fraction of sp³-hybridized carbons (Fsp3) is 0.750. The molecule has 6 heteroatoms. The first-order valence-electron chi connectivity index (χ1n) is 8.24. The second-order valence-electron chi connectivity index (χ2n) is 5.79. The normalized spacial score (nSPS) is 18.5. The number of carbonyl (C=O) groups excluding carboxylic acids is 1. The van der Waals surface area contributed by atoms with Gasteiger partial charge in [-0.25, -0.2) is 4.79 Å². The quantitative estimate of drug-likeness (QED) is 0.907. The highest BCUT2D eigenvalue weighted by Crippen LogP contribution is 2.15. The van der Waals surface area contributed by atoms with Gasteiger partial charge in [-0.2, -0.15) is 5.10 Å². The number of hydrogen-bond acceptors (Lipinski definition) is 3. The number of nitrogens with one attached hydrogen (secondary N) is 1. The highest BCUT2D eigenvalue weighted by molar-refractivity contribution is 5.74. The van der Waals surface area contributed by atoms with Gasteiger partial charge in [0, 0.05) is 44.0 Å². The van der Waals surface area contributed by atoms with Gasteiger partial charge in [-0.15, -0.1) is 0 Å². The van der Waals surface area contributed by atoms with Gasteiger partial charge in [-0.05, 0) is 40.5 Å². The van der Waals surface area contributed by atoms with E-state index in [4.69, 9.17) is 4.74 Å². The summed E-state index contributed by atoms with van der Waals surface area (Å²) in [5.74, 6) is 0. The Bertz CT molecular complexity index is 510. The van der Waals surface area contributed by atoms with Crippen LogP contribution < -0.4 is 5.32 Å². The molecule has 1 aliphatic heterocycles. The fourth-order valence-electron chi connectivity index (χ4n) is 3.07. The Morgan fingerprint density at radius 3 is 2.82 bits per heavy atom. The monoisotopic (exact) mass is 308 g/mol. The minimum absolute atomic E-state index is 0.00699. The molecule has 124 valence electrons. The molecule has 1 aromatic heterocycles. The smallest absolute Gasteiger partial charge is 0.317 e. The summed E-state index contributed by atoms with van der Waals surface area (Å²) >= 11 is 0. The van der Waals surface area contributed by atoms with Crippen LogP contribution in [0.15, 0.2) is 0 Å². The van der Waals surface area contributed by atoms with E-state index in [0.717, 1.165) is 42.9 Å². The molecule has 0 radical (unpaired) electrons. The Kier molecular flexibility index (Phi) is 5.83. The van der Waals surface area contributed by atoms with E-state index in [-0.39, 0.29) is 12.1 Å². The van der Waals surface area contributed by atoms with Gasteiger partial charge in [0.15, 0.2) is 0 Å². The zero-order chi connectivity index (χ0) is 16.1. The summed E-state index contributed by atoms with van der Waals surface area (Å²) in [6.45, 7) is 11.7. The number of amides is 2. The number of hydrogen-bond donors (Lipinski definition) is 1. The molecule has 1 fully saturated rings. The third kappa shape index (κ3) is 3.80. The van der Waals surface area contributed by atoms with Crippen molar-refractivity contribution in [2.24, 2.45) is 0 Å². The summed E-state index contributed by atoms with van der Waals surface area (Å²) in [4.78, 5) is 14.2. The van der Waals surface area contributed by atoms with Crippen LogP contribution >= 0.6 is 0 Å². The van der Waals surface area contributed by atoms with Crippen molar-refractivity contribution in [3.05, 3.63) is 17.0 Å². The molecule has 2 heterocycles. The third-order valence-electron chi connectivity index (χ3n) is 4.32. The van der Waals surface area contributed by atoms with Gasteiger partial charge in [-0.1, -0.05) is 0 Å². The molecular weight excluding hydrogens is 280 g/mol. The number of urea groups is 1. The van der Waals surface area contributed by atoms with Crippen molar-refractivity contribution in [1.82, 2.24) is 20.0 Å². The second kappa shape index (κ2) is 7.63. The van der Waals surface area contributed by atoms with E-state index in [1.807, 2.05) is 23.4 Å². The maximum Gasteiger partial charge on any atom is 0.317 e. The Labute approximate surface area is 132 Å². The van der Waals surface area contributed by atoms with E-state index in [1.165, 1.54) is 0 Å². The molecule has 1 aliphatic rings. The standard InChI is InChI=1S/C16H28N4O2/c1-5-20-13(4)15(12(3)18-20)10-17-16(21)19-9-7-8-14(11-19)22-6-2/h14H,5-11H2,1-4H3,(H,17,21)/t14-/m0/s1. The maximum absolute atomic E-state index is 12.4. The Morgan fingerprint density at radius 2 is 2.18 bits per heavy atom. The molecule has 0 spiro atoms. The molecule has 0 aromatic carbocycles.